The van der Waals surface area contributed by atoms with Crippen LogP contribution in [0.4, 0.5) is 4.39 Å². The van der Waals surface area contributed by atoms with Crippen LogP contribution in [0.25, 0.3) is 5.76 Å². The number of hydrogen-bond donors (Lipinski definition) is 1. The quantitative estimate of drug-likeness (QED) is 0.324. The fourth-order valence-corrected chi connectivity index (χ4v) is 3.84. The number of aliphatic hydroxyl groups is 1. The van der Waals surface area contributed by atoms with Gasteiger partial charge in [0.15, 0.2) is 11.6 Å². The second-order valence-electron chi connectivity index (χ2n) is 7.36. The monoisotopic (exact) mass is 451 g/mol. The van der Waals surface area contributed by atoms with Crippen LogP contribution in [0.1, 0.15) is 29.9 Å². The van der Waals surface area contributed by atoms with Crippen molar-refractivity contribution in [1.29, 1.82) is 0 Å². The van der Waals surface area contributed by atoms with Crippen LogP contribution in [0.5, 0.6) is 11.5 Å². The maximum atomic E-state index is 14.3. The van der Waals surface area contributed by atoms with Gasteiger partial charge in [-0.25, -0.2) is 4.39 Å². The van der Waals surface area contributed by atoms with Crippen LogP contribution in [0, 0.1) is 5.82 Å². The minimum absolute atomic E-state index is 0.00659. The molecular formula is C25H22FNO6. The van der Waals surface area contributed by atoms with Crippen LogP contribution in [0.15, 0.2) is 70.9 Å². The van der Waals surface area contributed by atoms with Gasteiger partial charge in [-0.2, -0.15) is 0 Å². The number of methoxy groups -OCH3 is 1. The zero-order valence-electron chi connectivity index (χ0n) is 18.1. The molecule has 1 aromatic heterocycles. The number of aliphatic hydroxyl groups excluding tert-OH is 1. The van der Waals surface area contributed by atoms with Gasteiger partial charge in [0, 0.05) is 5.56 Å². The molecule has 1 amide bonds. The molecule has 4 rings (SSSR count). The largest absolute Gasteiger partial charge is 0.507 e. The lowest BCUT2D eigenvalue weighted by molar-refractivity contribution is -0.140. The van der Waals surface area contributed by atoms with Crippen LogP contribution < -0.4 is 9.47 Å². The molecule has 0 bridgehead atoms. The Morgan fingerprint density at radius 3 is 2.52 bits per heavy atom. The normalized spacial score (nSPS) is 17.4. The number of Topliss-reactive ketones (excluding diaryl/α,β-unsaturated/α-hetero) is 1. The third-order valence-electron chi connectivity index (χ3n) is 5.38. The lowest BCUT2D eigenvalue weighted by Gasteiger charge is -2.24. The first kappa shape index (κ1) is 22.1. The molecule has 8 heteroatoms. The summed E-state index contributed by atoms with van der Waals surface area (Å²) in [6.07, 6.45) is 1.47. The van der Waals surface area contributed by atoms with Crippen LogP contribution in [0.2, 0.25) is 0 Å². The van der Waals surface area contributed by atoms with Crippen LogP contribution in [-0.2, 0) is 16.1 Å². The van der Waals surface area contributed by atoms with E-state index in [-0.39, 0.29) is 23.4 Å². The molecule has 1 N–H and O–H groups in total. The zero-order chi connectivity index (χ0) is 23.5. The zero-order valence-corrected chi connectivity index (χ0v) is 18.1. The number of furan rings is 1. The van der Waals surface area contributed by atoms with E-state index in [0.717, 1.165) is 6.07 Å². The minimum atomic E-state index is -0.907. The number of benzene rings is 2. The number of likely N-dealkylation sites (tertiary alicyclic amines) is 1. The number of carbonyl (C=O) groups is 2. The predicted molar refractivity (Wildman–Crippen MR) is 117 cm³/mol. The highest BCUT2D eigenvalue weighted by Crippen LogP contribution is 2.41. The third kappa shape index (κ3) is 4.19. The maximum absolute atomic E-state index is 14.3. The summed E-state index contributed by atoms with van der Waals surface area (Å²) >= 11 is 0. The highest BCUT2D eigenvalue weighted by Gasteiger charge is 2.46. The van der Waals surface area contributed by atoms with E-state index in [2.05, 4.69) is 0 Å². The molecule has 170 valence electrons. The van der Waals surface area contributed by atoms with E-state index in [1.54, 1.807) is 36.4 Å². The van der Waals surface area contributed by atoms with Crippen LogP contribution in [0.3, 0.4) is 0 Å². The highest BCUT2D eigenvalue weighted by atomic mass is 19.1. The fraction of sp³-hybridized carbons (Fsp3) is 0.200. The molecule has 0 radical (unpaired) electrons. The standard InChI is InChI=1S/C25H22FNO6/c1-3-32-17-9-6-15(7-10-17)22-21(23(28)16-8-11-20(31-2)19(26)13-16)24(29)25(30)27(22)14-18-5-4-12-33-18/h4-13,22,28H,3,14H2,1-2H3. The van der Waals surface area contributed by atoms with Crippen molar-refractivity contribution in [3.8, 4) is 11.5 Å². The Hall–Kier alpha value is -4.07. The average molecular weight is 451 g/mol. The van der Waals surface area contributed by atoms with Gasteiger partial charge in [-0.15, -0.1) is 0 Å². The molecule has 1 unspecified atom stereocenters. The molecule has 3 aromatic rings. The first-order valence-electron chi connectivity index (χ1n) is 10.3. The summed E-state index contributed by atoms with van der Waals surface area (Å²) in [5.41, 5.74) is 0.500. The van der Waals surface area contributed by atoms with Crippen LogP contribution >= 0.6 is 0 Å². The number of amides is 1. The first-order chi connectivity index (χ1) is 15.9. The fourth-order valence-electron chi connectivity index (χ4n) is 3.84. The van der Waals surface area contributed by atoms with Gasteiger partial charge in [-0.3, -0.25) is 9.59 Å². The summed E-state index contributed by atoms with van der Waals surface area (Å²) in [6.45, 7) is 2.36. The number of rotatable bonds is 7. The Labute approximate surface area is 189 Å². The molecule has 1 aliphatic rings. The smallest absolute Gasteiger partial charge is 0.296 e. The van der Waals surface area contributed by atoms with Gasteiger partial charge in [0.05, 0.1) is 38.1 Å². The minimum Gasteiger partial charge on any atom is -0.507 e. The van der Waals surface area contributed by atoms with E-state index in [1.807, 2.05) is 6.92 Å². The number of ketones is 1. The van der Waals surface area contributed by atoms with Gasteiger partial charge >= 0.3 is 0 Å². The Morgan fingerprint density at radius 1 is 1.15 bits per heavy atom. The molecule has 0 saturated carbocycles. The van der Waals surface area contributed by atoms with Gasteiger partial charge in [0.2, 0.25) is 0 Å². The molecule has 0 spiro atoms. The molecule has 33 heavy (non-hydrogen) atoms. The van der Waals surface area contributed by atoms with E-state index in [1.165, 1.54) is 30.4 Å². The Kier molecular flexibility index (Phi) is 6.17. The molecule has 1 saturated heterocycles. The third-order valence-corrected chi connectivity index (χ3v) is 5.38. The van der Waals surface area contributed by atoms with E-state index >= 15 is 0 Å². The Balaban J connectivity index is 1.83. The average Bonchev–Trinajstić information content (AvgIpc) is 3.42. The topological polar surface area (TPSA) is 89.2 Å². The van der Waals surface area contributed by atoms with Gasteiger partial charge in [0.1, 0.15) is 17.3 Å². The summed E-state index contributed by atoms with van der Waals surface area (Å²) in [4.78, 5) is 27.3. The lowest BCUT2D eigenvalue weighted by Crippen LogP contribution is -2.29. The molecule has 7 nitrogen and oxygen atoms in total. The maximum Gasteiger partial charge on any atom is 0.296 e. The number of ether oxygens (including phenoxy) is 2. The Bertz CT molecular complexity index is 1200. The number of carbonyl (C=O) groups excluding carboxylic acids is 2. The molecular weight excluding hydrogens is 429 g/mol. The van der Waals surface area contributed by atoms with Crippen molar-refractivity contribution in [3.05, 3.63) is 89.1 Å². The summed E-state index contributed by atoms with van der Waals surface area (Å²) in [6, 6.07) is 13.2. The van der Waals surface area contributed by atoms with Crippen molar-refractivity contribution in [2.75, 3.05) is 13.7 Å². The molecule has 2 aromatic carbocycles. The molecule has 0 aliphatic carbocycles. The van der Waals surface area contributed by atoms with Crippen molar-refractivity contribution >= 4 is 17.4 Å². The van der Waals surface area contributed by atoms with Gasteiger partial charge in [-0.05, 0) is 55.0 Å². The number of halogens is 1. The SMILES string of the molecule is CCOc1ccc(C2C(=C(O)c3ccc(OC)c(F)c3)C(=O)C(=O)N2Cc2ccco2)cc1. The summed E-state index contributed by atoms with van der Waals surface area (Å²) in [5.74, 6) is -1.74. The molecule has 2 heterocycles. The van der Waals surface area contributed by atoms with Crippen molar-refractivity contribution < 1.29 is 33.0 Å². The number of nitrogens with zero attached hydrogens (tertiary/aromatic N) is 1. The predicted octanol–water partition coefficient (Wildman–Crippen LogP) is 4.45. The summed E-state index contributed by atoms with van der Waals surface area (Å²) in [5, 5.41) is 11.0. The summed E-state index contributed by atoms with van der Waals surface area (Å²) < 4.78 is 30.1. The number of hydrogen-bond acceptors (Lipinski definition) is 6. The van der Waals surface area contributed by atoms with E-state index in [9.17, 15) is 19.1 Å². The van der Waals surface area contributed by atoms with E-state index in [0.29, 0.717) is 23.7 Å². The lowest BCUT2D eigenvalue weighted by atomic mass is 9.95. The van der Waals surface area contributed by atoms with Crippen molar-refractivity contribution in [2.45, 2.75) is 19.5 Å². The Morgan fingerprint density at radius 2 is 1.91 bits per heavy atom. The van der Waals surface area contributed by atoms with Gasteiger partial charge in [-0.1, -0.05) is 12.1 Å². The molecule has 1 atom stereocenters. The van der Waals surface area contributed by atoms with Crippen molar-refractivity contribution in [1.82, 2.24) is 4.90 Å². The second-order valence-corrected chi connectivity index (χ2v) is 7.36. The highest BCUT2D eigenvalue weighted by molar-refractivity contribution is 6.46. The van der Waals surface area contributed by atoms with Gasteiger partial charge < -0.3 is 23.9 Å². The molecule has 1 aliphatic heterocycles. The van der Waals surface area contributed by atoms with Crippen molar-refractivity contribution in [3.63, 3.8) is 0 Å². The first-order valence-corrected chi connectivity index (χ1v) is 10.3. The molecule has 1 fully saturated rings. The summed E-state index contributed by atoms with van der Waals surface area (Å²) in [7, 11) is 1.32. The van der Waals surface area contributed by atoms with E-state index in [4.69, 9.17) is 13.9 Å². The second kappa shape index (κ2) is 9.20. The van der Waals surface area contributed by atoms with Gasteiger partial charge in [0.25, 0.3) is 11.7 Å². The van der Waals surface area contributed by atoms with Crippen LogP contribution in [-0.4, -0.2) is 35.4 Å². The van der Waals surface area contributed by atoms with E-state index < -0.39 is 29.3 Å². The van der Waals surface area contributed by atoms with Crippen molar-refractivity contribution in [2.24, 2.45) is 0 Å².